The highest BCUT2D eigenvalue weighted by atomic mass is 32.2. The van der Waals surface area contributed by atoms with Crippen LogP contribution in [-0.2, 0) is 10.8 Å². The molecule has 0 aromatic heterocycles. The van der Waals surface area contributed by atoms with E-state index in [0.29, 0.717) is 11.5 Å². The minimum absolute atomic E-state index is 0. The van der Waals surface area contributed by atoms with E-state index in [1.807, 2.05) is 38.1 Å². The minimum Gasteiger partial charge on any atom is -0.506 e. The van der Waals surface area contributed by atoms with Gasteiger partial charge in [-0.3, -0.25) is 0 Å². The second-order valence-electron chi connectivity index (χ2n) is 8.92. The van der Waals surface area contributed by atoms with Crippen LogP contribution in [0, 0.1) is 13.8 Å². The van der Waals surface area contributed by atoms with Gasteiger partial charge in [0, 0.05) is 11.1 Å². The quantitative estimate of drug-likeness (QED) is 0.607. The number of hydrogen-bond donors (Lipinski definition) is 2. The first-order chi connectivity index (χ1) is 11.3. The fourth-order valence-corrected chi connectivity index (χ4v) is 4.05. The van der Waals surface area contributed by atoms with Gasteiger partial charge in [0.2, 0.25) is 0 Å². The van der Waals surface area contributed by atoms with Gasteiger partial charge < -0.3 is 10.2 Å². The molecule has 0 aliphatic rings. The summed E-state index contributed by atoms with van der Waals surface area (Å²) in [6.07, 6.45) is 0. The van der Waals surface area contributed by atoms with Crippen molar-refractivity contribution in [1.82, 2.24) is 0 Å². The van der Waals surface area contributed by atoms with Crippen molar-refractivity contribution in [3.63, 3.8) is 0 Å². The second kappa shape index (κ2) is 7.77. The molecule has 4 heteroatoms. The number of rotatable bonds is 2. The van der Waals surface area contributed by atoms with E-state index in [2.05, 4.69) is 41.5 Å². The van der Waals surface area contributed by atoms with E-state index < -0.39 is 0 Å². The van der Waals surface area contributed by atoms with Crippen LogP contribution in [0.2, 0.25) is 0 Å². The molecule has 2 rings (SSSR count). The highest BCUT2D eigenvalue weighted by Gasteiger charge is 2.24. The molecule has 0 saturated heterocycles. The Bertz CT molecular complexity index is 730. The molecule has 0 amide bonds. The third-order valence-corrected chi connectivity index (χ3v) is 5.34. The first-order valence-electron chi connectivity index (χ1n) is 8.66. The molecule has 144 valence electrons. The van der Waals surface area contributed by atoms with E-state index >= 15 is 0 Å². The zero-order valence-electron chi connectivity index (χ0n) is 17.1. The molecule has 0 unspecified atom stereocenters. The van der Waals surface area contributed by atoms with Crippen molar-refractivity contribution in [2.75, 3.05) is 0 Å². The summed E-state index contributed by atoms with van der Waals surface area (Å²) in [5.74, 6) is 0.614. The van der Waals surface area contributed by atoms with E-state index in [-0.39, 0.29) is 24.3 Å². The second-order valence-corrected chi connectivity index (χ2v) is 10.0. The lowest BCUT2D eigenvalue weighted by Gasteiger charge is -2.24. The third kappa shape index (κ3) is 4.92. The summed E-state index contributed by atoms with van der Waals surface area (Å²) >= 11 is 1.43. The van der Waals surface area contributed by atoms with Crippen molar-refractivity contribution >= 4 is 25.3 Å². The molecule has 0 aliphatic carbocycles. The number of benzene rings is 2. The predicted octanol–water partition coefficient (Wildman–Crippen LogP) is 6.57. The predicted molar refractivity (Wildman–Crippen MR) is 118 cm³/mol. The van der Waals surface area contributed by atoms with Crippen LogP contribution in [-0.4, -0.2) is 10.2 Å². The van der Waals surface area contributed by atoms with E-state index in [1.54, 1.807) is 0 Å². The summed E-state index contributed by atoms with van der Waals surface area (Å²) in [5.41, 5.74) is 3.78. The van der Waals surface area contributed by atoms with Crippen LogP contribution in [0.3, 0.4) is 0 Å². The molecule has 2 nitrogen and oxygen atoms in total. The summed E-state index contributed by atoms with van der Waals surface area (Å²) in [6, 6.07) is 8.04. The summed E-state index contributed by atoms with van der Waals surface area (Å²) < 4.78 is 0. The number of aryl methyl sites for hydroxylation is 2. The molecular weight excluding hydrogens is 360 g/mol. The molecule has 0 aliphatic heterocycles. The molecule has 2 aromatic carbocycles. The largest absolute Gasteiger partial charge is 0.506 e. The summed E-state index contributed by atoms with van der Waals surface area (Å²) in [6.45, 7) is 16.6. The van der Waals surface area contributed by atoms with Gasteiger partial charge in [-0.1, -0.05) is 65.4 Å². The van der Waals surface area contributed by atoms with Gasteiger partial charge in [-0.25, -0.2) is 0 Å². The molecule has 0 atom stereocenters. The van der Waals surface area contributed by atoms with E-state index in [4.69, 9.17) is 0 Å². The van der Waals surface area contributed by atoms with Crippen LogP contribution in [0.4, 0.5) is 0 Å². The van der Waals surface area contributed by atoms with Crippen LogP contribution in [0.5, 0.6) is 11.5 Å². The van der Waals surface area contributed by atoms with E-state index in [1.165, 1.54) is 11.8 Å². The third-order valence-electron chi connectivity index (χ3n) is 4.27. The monoisotopic (exact) mass is 392 g/mol. The molecule has 26 heavy (non-hydrogen) atoms. The highest BCUT2D eigenvalue weighted by Crippen LogP contribution is 2.46. The summed E-state index contributed by atoms with van der Waals surface area (Å²) in [7, 11) is 0. The SMILES string of the molecule is Cc1cc(Sc2cc(C)cc(C(C)(C)C)c2O)c(O)c(C(C)(C)C)c1.S. The Morgan fingerprint density at radius 3 is 1.23 bits per heavy atom. The van der Waals surface area contributed by atoms with Gasteiger partial charge in [-0.15, -0.1) is 0 Å². The summed E-state index contributed by atoms with van der Waals surface area (Å²) in [5, 5.41) is 21.6. The molecule has 0 bridgehead atoms. The topological polar surface area (TPSA) is 40.5 Å². The fraction of sp³-hybridized carbons (Fsp3) is 0.455. The molecule has 0 fully saturated rings. The first-order valence-corrected chi connectivity index (χ1v) is 9.48. The van der Waals surface area contributed by atoms with Crippen molar-refractivity contribution < 1.29 is 10.2 Å². The smallest absolute Gasteiger partial charge is 0.133 e. The Labute approximate surface area is 169 Å². The highest BCUT2D eigenvalue weighted by molar-refractivity contribution is 7.99. The number of hydrogen-bond acceptors (Lipinski definition) is 3. The molecule has 0 saturated carbocycles. The molecule has 2 N–H and O–H groups in total. The molecule has 2 aromatic rings. The van der Waals surface area contributed by atoms with Gasteiger partial charge in [-0.05, 0) is 47.9 Å². The van der Waals surface area contributed by atoms with Gasteiger partial charge in [0.1, 0.15) is 11.5 Å². The van der Waals surface area contributed by atoms with E-state index in [9.17, 15) is 10.2 Å². The Morgan fingerprint density at radius 1 is 0.654 bits per heavy atom. The number of phenolic OH excluding ortho intramolecular Hbond substituents is 2. The van der Waals surface area contributed by atoms with Gasteiger partial charge in [0.05, 0.1) is 9.79 Å². The lowest BCUT2D eigenvalue weighted by atomic mass is 9.85. The molecule has 0 heterocycles. The Hall–Kier alpha value is -1.26. The van der Waals surface area contributed by atoms with E-state index in [0.717, 1.165) is 32.0 Å². The van der Waals surface area contributed by atoms with Gasteiger partial charge in [0.25, 0.3) is 0 Å². The number of aromatic hydroxyl groups is 2. The van der Waals surface area contributed by atoms with Gasteiger partial charge >= 0.3 is 0 Å². The van der Waals surface area contributed by atoms with Crippen molar-refractivity contribution in [1.29, 1.82) is 0 Å². The molecular formula is C22H32O2S2. The van der Waals surface area contributed by atoms with Crippen LogP contribution < -0.4 is 0 Å². The van der Waals surface area contributed by atoms with Crippen LogP contribution in [0.25, 0.3) is 0 Å². The average Bonchev–Trinajstić information content (AvgIpc) is 2.43. The lowest BCUT2D eigenvalue weighted by Crippen LogP contribution is -2.12. The average molecular weight is 393 g/mol. The van der Waals surface area contributed by atoms with Crippen LogP contribution >= 0.6 is 25.3 Å². The van der Waals surface area contributed by atoms with Crippen molar-refractivity contribution in [3.05, 3.63) is 46.5 Å². The lowest BCUT2D eigenvalue weighted by molar-refractivity contribution is 0.432. The van der Waals surface area contributed by atoms with Crippen LogP contribution in [0.1, 0.15) is 63.8 Å². The maximum absolute atomic E-state index is 10.8. The normalized spacial score (nSPS) is 12.0. The first kappa shape index (κ1) is 22.8. The van der Waals surface area contributed by atoms with Crippen molar-refractivity contribution in [3.8, 4) is 11.5 Å². The maximum Gasteiger partial charge on any atom is 0.133 e. The van der Waals surface area contributed by atoms with Gasteiger partial charge in [-0.2, -0.15) is 13.5 Å². The Morgan fingerprint density at radius 2 is 0.962 bits per heavy atom. The molecule has 0 spiro atoms. The number of phenols is 2. The standard InChI is InChI=1S/C22H30O2S.H2S/c1-13-9-15(21(3,4)5)19(23)17(11-13)25-18-12-14(2)10-16(20(18)24)22(6,7)8;/h9-12,23-24H,1-8H3;1H2. The maximum atomic E-state index is 10.8. The fourth-order valence-electron chi connectivity index (χ4n) is 2.91. The summed E-state index contributed by atoms with van der Waals surface area (Å²) in [4.78, 5) is 1.57. The Balaban J connectivity index is 0.00000338. The zero-order chi connectivity index (χ0) is 19.2. The van der Waals surface area contributed by atoms with Gasteiger partial charge in [0.15, 0.2) is 0 Å². The van der Waals surface area contributed by atoms with Crippen molar-refractivity contribution in [2.45, 2.75) is 76.0 Å². The minimum atomic E-state index is -0.142. The zero-order valence-corrected chi connectivity index (χ0v) is 18.9. The Kier molecular flexibility index (Phi) is 6.81. The van der Waals surface area contributed by atoms with Crippen molar-refractivity contribution in [2.24, 2.45) is 0 Å². The van der Waals surface area contributed by atoms with Crippen LogP contribution in [0.15, 0.2) is 34.1 Å². The molecule has 0 radical (unpaired) electrons.